The maximum absolute atomic E-state index is 13.0. The molecule has 2 heterocycles. The number of amides is 4. The van der Waals surface area contributed by atoms with Gasteiger partial charge in [0.25, 0.3) is 0 Å². The van der Waals surface area contributed by atoms with Crippen molar-refractivity contribution in [1.29, 1.82) is 0 Å². The van der Waals surface area contributed by atoms with Crippen molar-refractivity contribution in [3.63, 3.8) is 0 Å². The predicted octanol–water partition coefficient (Wildman–Crippen LogP) is -4.83. The van der Waals surface area contributed by atoms with Crippen LogP contribution >= 0.6 is 0 Å². The first-order chi connectivity index (χ1) is 16.1. The highest BCUT2D eigenvalue weighted by Crippen LogP contribution is 2.19. The summed E-state index contributed by atoms with van der Waals surface area (Å²) in [5.74, 6) is -3.98. The summed E-state index contributed by atoms with van der Waals surface area (Å²) < 4.78 is 0. The minimum atomic E-state index is -1.36. The summed E-state index contributed by atoms with van der Waals surface area (Å²) >= 11 is 0. The molecule has 2 bridgehead atoms. The number of β-amino-alcohol motifs (C(OH)–C–C–N with tert-alkyl or cyclic N) is 1. The molecular weight excluding hydrogens is 452 g/mol. The van der Waals surface area contributed by atoms with Gasteiger partial charge < -0.3 is 42.9 Å². The second-order valence-corrected chi connectivity index (χ2v) is 8.12. The summed E-state index contributed by atoms with van der Waals surface area (Å²) in [6.45, 7) is -0.148. The van der Waals surface area contributed by atoms with Gasteiger partial charge in [-0.2, -0.15) is 0 Å². The lowest BCUT2D eigenvalue weighted by molar-refractivity contribution is -0.141. The lowest BCUT2D eigenvalue weighted by Crippen LogP contribution is -2.55. The Hall–Kier alpha value is -3.46. The minimum Gasteiger partial charge on any atom is -0.481 e. The standard InChI is InChI=1S/C19H32N8O7/c20-19(21)22-3-1-2-11-16(32)23-8-14(29)25-12(7-15(30)31)17(33)24-10-6-13(18(34)26-11)27(9-10)4-5-28/h10-13,28H,1-9H2,(H,23,32)(H,24,33)(H,25,29)(H,26,34)(H,30,31)(H4,20,21,22)/t10-,11-,12-,13-/m0/s1. The average molecular weight is 485 g/mol. The van der Waals surface area contributed by atoms with Crippen LogP contribution in [0.5, 0.6) is 0 Å². The maximum Gasteiger partial charge on any atom is 0.305 e. The number of carbonyl (C=O) groups excluding carboxylic acids is 4. The third-order valence-corrected chi connectivity index (χ3v) is 5.47. The summed E-state index contributed by atoms with van der Waals surface area (Å²) in [4.78, 5) is 67.3. The third kappa shape index (κ3) is 8.15. The molecule has 2 fully saturated rings. The number of fused-ring (bicyclic) bond motifs is 2. The zero-order valence-electron chi connectivity index (χ0n) is 18.7. The molecule has 4 atom stereocenters. The maximum atomic E-state index is 13.0. The molecule has 10 N–H and O–H groups in total. The first-order valence-electron chi connectivity index (χ1n) is 10.9. The van der Waals surface area contributed by atoms with Crippen LogP contribution in [-0.2, 0) is 24.0 Å². The van der Waals surface area contributed by atoms with Crippen LogP contribution in [-0.4, -0.2) is 108 Å². The van der Waals surface area contributed by atoms with Gasteiger partial charge in [0.15, 0.2) is 5.96 Å². The molecular formula is C19H32N8O7. The smallest absolute Gasteiger partial charge is 0.305 e. The molecule has 0 aromatic rings. The summed E-state index contributed by atoms with van der Waals surface area (Å²) in [5, 5.41) is 28.6. The quantitative estimate of drug-likeness (QED) is 0.0928. The Labute approximate surface area is 195 Å². The Kier molecular flexibility index (Phi) is 10.0. The van der Waals surface area contributed by atoms with E-state index in [1.807, 2.05) is 0 Å². The van der Waals surface area contributed by atoms with Crippen molar-refractivity contribution < 1.29 is 34.2 Å². The van der Waals surface area contributed by atoms with E-state index in [2.05, 4.69) is 26.3 Å². The van der Waals surface area contributed by atoms with Crippen LogP contribution in [0.1, 0.15) is 25.7 Å². The topological polar surface area (TPSA) is 242 Å². The Morgan fingerprint density at radius 1 is 1.06 bits per heavy atom. The van der Waals surface area contributed by atoms with Crippen LogP contribution < -0.4 is 32.7 Å². The van der Waals surface area contributed by atoms with Crippen molar-refractivity contribution in [3.8, 4) is 0 Å². The van der Waals surface area contributed by atoms with E-state index in [0.717, 1.165) is 0 Å². The lowest BCUT2D eigenvalue weighted by Gasteiger charge is -2.25. The average Bonchev–Trinajstić information content (AvgIpc) is 3.15. The molecule has 0 aromatic heterocycles. The largest absolute Gasteiger partial charge is 0.481 e. The molecule has 2 saturated heterocycles. The van der Waals surface area contributed by atoms with Crippen molar-refractivity contribution in [2.24, 2.45) is 16.5 Å². The summed E-state index contributed by atoms with van der Waals surface area (Å²) in [5.41, 5.74) is 10.6. The molecule has 0 aliphatic carbocycles. The number of carbonyl (C=O) groups is 5. The molecule has 0 radical (unpaired) electrons. The molecule has 2 rings (SSSR count). The van der Waals surface area contributed by atoms with E-state index in [1.54, 1.807) is 4.90 Å². The molecule has 34 heavy (non-hydrogen) atoms. The van der Waals surface area contributed by atoms with Gasteiger partial charge in [0.05, 0.1) is 25.6 Å². The number of nitrogens with one attached hydrogen (secondary N) is 4. The van der Waals surface area contributed by atoms with E-state index >= 15 is 0 Å². The Morgan fingerprint density at radius 3 is 2.44 bits per heavy atom. The molecule has 15 heteroatoms. The number of aliphatic imine (C=N–C) groups is 1. The number of hydrogen-bond donors (Lipinski definition) is 8. The fourth-order valence-electron chi connectivity index (χ4n) is 3.92. The van der Waals surface area contributed by atoms with Crippen molar-refractivity contribution in [2.45, 2.75) is 49.9 Å². The second-order valence-electron chi connectivity index (χ2n) is 8.12. The first-order valence-corrected chi connectivity index (χ1v) is 10.9. The number of aliphatic carboxylic acids is 1. The third-order valence-electron chi connectivity index (χ3n) is 5.47. The number of rotatable bonds is 8. The van der Waals surface area contributed by atoms with Crippen LogP contribution in [0.3, 0.4) is 0 Å². The molecule has 15 nitrogen and oxygen atoms in total. The highest BCUT2D eigenvalue weighted by molar-refractivity contribution is 5.94. The van der Waals surface area contributed by atoms with Crippen molar-refractivity contribution in [2.75, 3.05) is 32.8 Å². The molecule has 2 aliphatic rings. The highest BCUT2D eigenvalue weighted by atomic mass is 16.4. The number of likely N-dealkylation sites (tertiary alicyclic amines) is 1. The van der Waals surface area contributed by atoms with E-state index in [-0.39, 0.29) is 45.0 Å². The van der Waals surface area contributed by atoms with Gasteiger partial charge in [-0.25, -0.2) is 0 Å². The molecule has 190 valence electrons. The van der Waals surface area contributed by atoms with Gasteiger partial charge in [-0.05, 0) is 19.3 Å². The van der Waals surface area contributed by atoms with E-state index in [9.17, 15) is 29.1 Å². The zero-order valence-corrected chi connectivity index (χ0v) is 18.7. The monoisotopic (exact) mass is 484 g/mol. The van der Waals surface area contributed by atoms with Crippen LogP contribution in [0.4, 0.5) is 0 Å². The van der Waals surface area contributed by atoms with E-state index in [1.165, 1.54) is 0 Å². The molecule has 4 amide bonds. The van der Waals surface area contributed by atoms with Gasteiger partial charge in [0, 0.05) is 25.7 Å². The second kappa shape index (κ2) is 12.7. The molecule has 0 spiro atoms. The SMILES string of the molecule is NC(N)=NCCC[C@@H]1NC(=O)[C@@H]2C[C@@H](CN2CCO)NC(=O)[C@H](CC(=O)O)NC(=O)CNC1=O. The number of carboxylic acid groups (broad SMARTS) is 1. The summed E-state index contributed by atoms with van der Waals surface area (Å²) in [7, 11) is 0. The van der Waals surface area contributed by atoms with Crippen LogP contribution in [0.15, 0.2) is 4.99 Å². The Bertz CT molecular complexity index is 816. The number of hydrogen-bond acceptors (Lipinski definition) is 8. The van der Waals surface area contributed by atoms with Gasteiger partial charge in [-0.3, -0.25) is 33.9 Å². The fraction of sp³-hybridized carbons (Fsp3) is 0.684. The normalized spacial score (nSPS) is 26.5. The number of aliphatic hydroxyl groups is 1. The number of carboxylic acids is 1. The van der Waals surface area contributed by atoms with Gasteiger partial charge in [0.1, 0.15) is 12.1 Å². The van der Waals surface area contributed by atoms with Gasteiger partial charge >= 0.3 is 5.97 Å². The minimum absolute atomic E-state index is 0.106. The predicted molar refractivity (Wildman–Crippen MR) is 118 cm³/mol. The van der Waals surface area contributed by atoms with Crippen LogP contribution in [0, 0.1) is 0 Å². The number of nitrogens with zero attached hydrogens (tertiary/aromatic N) is 2. The number of aliphatic hydroxyl groups excluding tert-OH is 1. The molecule has 0 saturated carbocycles. The lowest BCUT2D eigenvalue weighted by atomic mass is 10.1. The van der Waals surface area contributed by atoms with E-state index in [0.29, 0.717) is 6.42 Å². The van der Waals surface area contributed by atoms with Crippen LogP contribution in [0.2, 0.25) is 0 Å². The van der Waals surface area contributed by atoms with Gasteiger partial charge in [-0.15, -0.1) is 0 Å². The molecule has 2 aliphatic heterocycles. The van der Waals surface area contributed by atoms with Gasteiger partial charge in [-0.1, -0.05) is 0 Å². The van der Waals surface area contributed by atoms with E-state index < -0.39 is 66.7 Å². The molecule has 0 unspecified atom stereocenters. The zero-order chi connectivity index (χ0) is 25.3. The van der Waals surface area contributed by atoms with Gasteiger partial charge in [0.2, 0.25) is 23.6 Å². The van der Waals surface area contributed by atoms with E-state index in [4.69, 9.17) is 16.6 Å². The first kappa shape index (κ1) is 26.8. The molecule has 0 aromatic carbocycles. The fourth-order valence-corrected chi connectivity index (χ4v) is 3.92. The summed E-state index contributed by atoms with van der Waals surface area (Å²) in [6.07, 6.45) is 0.0704. The van der Waals surface area contributed by atoms with Crippen molar-refractivity contribution in [1.82, 2.24) is 26.2 Å². The van der Waals surface area contributed by atoms with Crippen LogP contribution in [0.25, 0.3) is 0 Å². The van der Waals surface area contributed by atoms with Crippen molar-refractivity contribution in [3.05, 3.63) is 0 Å². The Morgan fingerprint density at radius 2 is 1.79 bits per heavy atom. The van der Waals surface area contributed by atoms with Crippen molar-refractivity contribution >= 4 is 35.6 Å². The number of nitrogens with two attached hydrogens (primary N) is 2. The number of guanidine groups is 1. The summed E-state index contributed by atoms with van der Waals surface area (Å²) in [6, 6.07) is -3.61. The Balaban J connectivity index is 2.25. The highest BCUT2D eigenvalue weighted by Gasteiger charge is 2.39.